The Balaban J connectivity index is 2.39. The molecule has 4 heteroatoms. The molecule has 0 aliphatic carbocycles. The monoisotopic (exact) mass is 261 g/mol. The maximum absolute atomic E-state index is 5.63. The molecule has 0 saturated carbocycles. The van der Waals surface area contributed by atoms with Crippen LogP contribution in [0.15, 0.2) is 29.6 Å². The SMILES string of the molecule is Cc1cccc(C(c2nc(CN)cs2)N(C)C)c1. The number of benzene rings is 1. The Morgan fingerprint density at radius 2 is 2.17 bits per heavy atom. The number of thiazole rings is 1. The number of nitrogens with two attached hydrogens (primary N) is 1. The number of rotatable bonds is 4. The molecule has 2 rings (SSSR count). The molecule has 2 aromatic rings. The van der Waals surface area contributed by atoms with E-state index >= 15 is 0 Å². The second-order valence-corrected chi connectivity index (χ2v) is 5.55. The Morgan fingerprint density at radius 3 is 2.72 bits per heavy atom. The van der Waals surface area contributed by atoms with Gasteiger partial charge in [0.1, 0.15) is 5.01 Å². The van der Waals surface area contributed by atoms with Crippen molar-refractivity contribution in [3.05, 3.63) is 51.5 Å². The van der Waals surface area contributed by atoms with E-state index in [0.717, 1.165) is 10.7 Å². The van der Waals surface area contributed by atoms with Gasteiger partial charge in [0.25, 0.3) is 0 Å². The van der Waals surface area contributed by atoms with Crippen LogP contribution in [0.25, 0.3) is 0 Å². The molecule has 1 aromatic heterocycles. The van der Waals surface area contributed by atoms with Gasteiger partial charge in [-0.15, -0.1) is 11.3 Å². The lowest BCUT2D eigenvalue weighted by molar-refractivity contribution is 0.341. The number of nitrogens with zero attached hydrogens (tertiary/aromatic N) is 2. The zero-order valence-corrected chi connectivity index (χ0v) is 11.9. The first-order chi connectivity index (χ1) is 8.61. The minimum Gasteiger partial charge on any atom is -0.325 e. The van der Waals surface area contributed by atoms with Gasteiger partial charge < -0.3 is 5.73 Å². The largest absolute Gasteiger partial charge is 0.325 e. The summed E-state index contributed by atoms with van der Waals surface area (Å²) in [6.45, 7) is 2.62. The number of hydrogen-bond acceptors (Lipinski definition) is 4. The minimum absolute atomic E-state index is 0.204. The summed E-state index contributed by atoms with van der Waals surface area (Å²) in [5.74, 6) is 0. The lowest BCUT2D eigenvalue weighted by Gasteiger charge is -2.23. The highest BCUT2D eigenvalue weighted by Gasteiger charge is 2.19. The molecule has 0 aliphatic heterocycles. The molecule has 0 amide bonds. The van der Waals surface area contributed by atoms with Crippen molar-refractivity contribution in [3.8, 4) is 0 Å². The Kier molecular flexibility index (Phi) is 4.11. The summed E-state index contributed by atoms with van der Waals surface area (Å²) in [5, 5.41) is 3.15. The molecule has 1 heterocycles. The molecule has 18 heavy (non-hydrogen) atoms. The van der Waals surface area contributed by atoms with E-state index in [2.05, 4.69) is 55.2 Å². The van der Waals surface area contributed by atoms with Crippen molar-refractivity contribution in [2.45, 2.75) is 19.5 Å². The summed E-state index contributed by atoms with van der Waals surface area (Å²) < 4.78 is 0. The molecule has 0 spiro atoms. The Labute approximate surface area is 112 Å². The van der Waals surface area contributed by atoms with Crippen LogP contribution in [-0.2, 0) is 6.54 Å². The number of hydrogen-bond donors (Lipinski definition) is 1. The Hall–Kier alpha value is -1.23. The molecule has 3 nitrogen and oxygen atoms in total. The van der Waals surface area contributed by atoms with Gasteiger partial charge in [-0.2, -0.15) is 0 Å². The topological polar surface area (TPSA) is 42.1 Å². The van der Waals surface area contributed by atoms with E-state index in [-0.39, 0.29) is 6.04 Å². The highest BCUT2D eigenvalue weighted by atomic mass is 32.1. The summed E-state index contributed by atoms with van der Waals surface area (Å²) >= 11 is 1.68. The lowest BCUT2D eigenvalue weighted by Crippen LogP contribution is -2.21. The van der Waals surface area contributed by atoms with Crippen LogP contribution < -0.4 is 5.73 Å². The predicted octanol–water partition coefficient (Wildman–Crippen LogP) is 2.56. The van der Waals surface area contributed by atoms with E-state index in [1.807, 2.05) is 5.38 Å². The van der Waals surface area contributed by atoms with E-state index in [9.17, 15) is 0 Å². The minimum atomic E-state index is 0.204. The predicted molar refractivity (Wildman–Crippen MR) is 76.7 cm³/mol. The van der Waals surface area contributed by atoms with Crippen LogP contribution in [-0.4, -0.2) is 24.0 Å². The van der Waals surface area contributed by atoms with Gasteiger partial charge in [-0.05, 0) is 26.6 Å². The van der Waals surface area contributed by atoms with Gasteiger partial charge in [-0.1, -0.05) is 29.8 Å². The van der Waals surface area contributed by atoms with Gasteiger partial charge in [-0.25, -0.2) is 4.98 Å². The van der Waals surface area contributed by atoms with Gasteiger partial charge in [0.15, 0.2) is 0 Å². The average Bonchev–Trinajstić information content (AvgIpc) is 2.77. The van der Waals surface area contributed by atoms with E-state index < -0.39 is 0 Å². The maximum Gasteiger partial charge on any atom is 0.115 e. The third-order valence-corrected chi connectivity index (χ3v) is 3.83. The Bertz CT molecular complexity index is 519. The van der Waals surface area contributed by atoms with Crippen LogP contribution in [0.4, 0.5) is 0 Å². The summed E-state index contributed by atoms with van der Waals surface area (Å²) in [6, 6.07) is 8.78. The first-order valence-corrected chi connectivity index (χ1v) is 6.87. The molecule has 0 fully saturated rings. The molecular formula is C14H19N3S. The molecule has 0 radical (unpaired) electrons. The highest BCUT2D eigenvalue weighted by Crippen LogP contribution is 2.29. The smallest absolute Gasteiger partial charge is 0.115 e. The summed E-state index contributed by atoms with van der Waals surface area (Å²) in [6.07, 6.45) is 0. The lowest BCUT2D eigenvalue weighted by atomic mass is 10.0. The van der Waals surface area contributed by atoms with Crippen molar-refractivity contribution in [3.63, 3.8) is 0 Å². The molecule has 1 aromatic carbocycles. The normalized spacial score (nSPS) is 12.9. The maximum atomic E-state index is 5.63. The number of aryl methyl sites for hydroxylation is 1. The van der Waals surface area contributed by atoms with E-state index in [4.69, 9.17) is 5.73 Å². The molecule has 2 N–H and O–H groups in total. The second-order valence-electron chi connectivity index (χ2n) is 4.66. The third kappa shape index (κ3) is 2.77. The van der Waals surface area contributed by atoms with Crippen molar-refractivity contribution in [1.82, 2.24) is 9.88 Å². The van der Waals surface area contributed by atoms with Crippen molar-refractivity contribution in [1.29, 1.82) is 0 Å². The third-order valence-electron chi connectivity index (χ3n) is 2.89. The summed E-state index contributed by atoms with van der Waals surface area (Å²) in [4.78, 5) is 6.80. The zero-order valence-electron chi connectivity index (χ0n) is 11.1. The van der Waals surface area contributed by atoms with Crippen molar-refractivity contribution < 1.29 is 0 Å². The van der Waals surface area contributed by atoms with Crippen LogP contribution in [0.1, 0.15) is 27.9 Å². The molecule has 96 valence electrons. The quantitative estimate of drug-likeness (QED) is 0.919. The standard InChI is InChI=1S/C14H19N3S/c1-10-5-4-6-11(7-10)13(17(2)3)14-16-12(8-15)9-18-14/h4-7,9,13H,8,15H2,1-3H3. The second kappa shape index (κ2) is 5.61. The van der Waals surface area contributed by atoms with Gasteiger partial charge in [0.05, 0.1) is 11.7 Å². The van der Waals surface area contributed by atoms with Crippen LogP contribution in [0, 0.1) is 6.92 Å². The van der Waals surface area contributed by atoms with Crippen molar-refractivity contribution >= 4 is 11.3 Å². The van der Waals surface area contributed by atoms with Crippen molar-refractivity contribution in [2.75, 3.05) is 14.1 Å². The van der Waals surface area contributed by atoms with E-state index in [1.54, 1.807) is 11.3 Å². The van der Waals surface area contributed by atoms with Crippen LogP contribution in [0.5, 0.6) is 0 Å². The number of aromatic nitrogens is 1. The fourth-order valence-corrected chi connectivity index (χ4v) is 3.10. The van der Waals surface area contributed by atoms with E-state index in [0.29, 0.717) is 6.54 Å². The van der Waals surface area contributed by atoms with Crippen LogP contribution in [0.3, 0.4) is 0 Å². The fourth-order valence-electron chi connectivity index (χ4n) is 2.04. The molecule has 0 bridgehead atoms. The van der Waals surface area contributed by atoms with Crippen LogP contribution >= 0.6 is 11.3 Å². The Morgan fingerprint density at radius 1 is 1.39 bits per heavy atom. The van der Waals surface area contributed by atoms with Crippen molar-refractivity contribution in [2.24, 2.45) is 5.73 Å². The van der Waals surface area contributed by atoms with Gasteiger partial charge in [0.2, 0.25) is 0 Å². The van der Waals surface area contributed by atoms with Gasteiger partial charge in [0, 0.05) is 11.9 Å². The van der Waals surface area contributed by atoms with Gasteiger partial charge in [-0.3, -0.25) is 4.90 Å². The van der Waals surface area contributed by atoms with E-state index in [1.165, 1.54) is 11.1 Å². The zero-order chi connectivity index (χ0) is 13.1. The molecule has 0 aliphatic rings. The molecule has 1 unspecified atom stereocenters. The van der Waals surface area contributed by atoms with Crippen LogP contribution in [0.2, 0.25) is 0 Å². The first kappa shape index (κ1) is 13.2. The van der Waals surface area contributed by atoms with Gasteiger partial charge >= 0.3 is 0 Å². The molecule has 0 saturated heterocycles. The highest BCUT2D eigenvalue weighted by molar-refractivity contribution is 7.09. The fraction of sp³-hybridized carbons (Fsp3) is 0.357. The first-order valence-electron chi connectivity index (χ1n) is 5.99. The summed E-state index contributed by atoms with van der Waals surface area (Å²) in [7, 11) is 4.16. The summed E-state index contributed by atoms with van der Waals surface area (Å²) in [5.41, 5.74) is 9.15. The molecule has 1 atom stereocenters. The molecular weight excluding hydrogens is 242 g/mol. The average molecular weight is 261 g/mol.